The molecule has 1 saturated carbocycles. The van der Waals surface area contributed by atoms with Crippen LogP contribution in [-0.4, -0.2) is 75.4 Å². The molecule has 3 aliphatic rings. The molecule has 1 N–H and O–H groups in total. The van der Waals surface area contributed by atoms with Crippen LogP contribution in [0.5, 0.6) is 11.8 Å². The molecule has 2 aliphatic heterocycles. The van der Waals surface area contributed by atoms with Crippen molar-refractivity contribution in [2.45, 2.75) is 50.7 Å². The highest BCUT2D eigenvalue weighted by atomic mass is 32.1. The number of aromatic nitrogens is 5. The molecule has 2 saturated heterocycles. The highest BCUT2D eigenvalue weighted by Crippen LogP contribution is 2.43. The summed E-state index contributed by atoms with van der Waals surface area (Å²) in [6.07, 6.45) is 13.8. The highest BCUT2D eigenvalue weighted by Gasteiger charge is 2.42. The lowest BCUT2D eigenvalue weighted by Gasteiger charge is -2.45. The van der Waals surface area contributed by atoms with Crippen molar-refractivity contribution in [3.8, 4) is 22.3 Å². The van der Waals surface area contributed by atoms with Crippen LogP contribution in [0, 0.1) is 5.41 Å². The third-order valence-corrected chi connectivity index (χ3v) is 8.37. The minimum Gasteiger partial charge on any atom is -0.489 e. The number of likely N-dealkylation sites (tertiary alicyclic amines) is 1. The molecule has 190 valence electrons. The molecule has 0 radical (unpaired) electrons. The summed E-state index contributed by atoms with van der Waals surface area (Å²) in [6.45, 7) is 3.58. The van der Waals surface area contributed by atoms with Gasteiger partial charge in [-0.05, 0) is 58.2 Å². The molecule has 3 aromatic rings. The topological polar surface area (TPSA) is 107 Å². The van der Waals surface area contributed by atoms with Crippen molar-refractivity contribution in [2.75, 3.05) is 38.7 Å². The summed E-state index contributed by atoms with van der Waals surface area (Å²) in [4.78, 5) is 25.4. The van der Waals surface area contributed by atoms with Gasteiger partial charge in [0.05, 0.1) is 36.2 Å². The minimum atomic E-state index is 0.160. The molecule has 3 fully saturated rings. The van der Waals surface area contributed by atoms with Gasteiger partial charge in [0.15, 0.2) is 10.9 Å². The lowest BCUT2D eigenvalue weighted by Crippen LogP contribution is -2.46. The molecule has 1 aliphatic carbocycles. The van der Waals surface area contributed by atoms with Gasteiger partial charge in [0, 0.05) is 23.9 Å². The molecule has 0 aromatic carbocycles. The maximum Gasteiger partial charge on any atom is 0.317 e. The first kappa shape index (κ1) is 23.5. The van der Waals surface area contributed by atoms with E-state index >= 15 is 0 Å². The molecule has 0 bridgehead atoms. The van der Waals surface area contributed by atoms with Crippen LogP contribution in [0.25, 0.3) is 10.6 Å². The van der Waals surface area contributed by atoms with Crippen molar-refractivity contribution in [3.63, 3.8) is 0 Å². The van der Waals surface area contributed by atoms with Crippen LogP contribution in [0.15, 0.2) is 30.9 Å². The Morgan fingerprint density at radius 3 is 2.67 bits per heavy atom. The molecule has 1 spiro atoms. The Morgan fingerprint density at radius 1 is 1.11 bits per heavy atom. The third kappa shape index (κ3) is 5.28. The van der Waals surface area contributed by atoms with E-state index in [1.807, 2.05) is 6.07 Å². The summed E-state index contributed by atoms with van der Waals surface area (Å²) < 4.78 is 17.4. The molecule has 3 aromatic heterocycles. The molecule has 5 heterocycles. The number of anilines is 2. The van der Waals surface area contributed by atoms with E-state index in [4.69, 9.17) is 14.2 Å². The summed E-state index contributed by atoms with van der Waals surface area (Å²) in [7, 11) is 2.14. The lowest BCUT2D eigenvalue weighted by molar-refractivity contribution is -0.140. The first-order valence-electron chi connectivity index (χ1n) is 12.6. The van der Waals surface area contributed by atoms with Crippen molar-refractivity contribution in [3.05, 3.63) is 30.9 Å². The van der Waals surface area contributed by atoms with Gasteiger partial charge in [0.1, 0.15) is 12.7 Å². The van der Waals surface area contributed by atoms with Gasteiger partial charge in [-0.3, -0.25) is 0 Å². The zero-order chi connectivity index (χ0) is 24.4. The van der Waals surface area contributed by atoms with E-state index in [0.29, 0.717) is 40.9 Å². The second kappa shape index (κ2) is 10.2. The van der Waals surface area contributed by atoms with Gasteiger partial charge >= 0.3 is 6.01 Å². The van der Waals surface area contributed by atoms with Crippen LogP contribution in [0.1, 0.15) is 38.5 Å². The summed E-state index contributed by atoms with van der Waals surface area (Å²) >= 11 is 1.48. The molecule has 10 nitrogen and oxygen atoms in total. The Kier molecular flexibility index (Phi) is 6.68. The Hall–Kier alpha value is -2.89. The minimum absolute atomic E-state index is 0.160. The Bertz CT molecular complexity index is 1160. The summed E-state index contributed by atoms with van der Waals surface area (Å²) in [5.41, 5.74) is 1.18. The third-order valence-electron chi connectivity index (χ3n) is 7.43. The number of likely N-dealkylation sites (N-methyl/N-ethyl adjacent to an activating group) is 1. The van der Waals surface area contributed by atoms with Crippen LogP contribution in [0.3, 0.4) is 0 Å². The number of thiazole rings is 1. The van der Waals surface area contributed by atoms with Crippen LogP contribution in [-0.2, 0) is 4.74 Å². The number of hydrogen-bond acceptors (Lipinski definition) is 11. The SMILES string of the molecule is CN1CCC[C@H]1COc1cnc(Nc2ncc(-c3ccnc(OC4CCC5(CC4)COC5)n3)s2)nc1. The van der Waals surface area contributed by atoms with Crippen molar-refractivity contribution in [1.82, 2.24) is 29.8 Å². The first-order chi connectivity index (χ1) is 17.6. The molecule has 11 heteroatoms. The molecule has 36 heavy (non-hydrogen) atoms. The van der Waals surface area contributed by atoms with Crippen LogP contribution in [0.4, 0.5) is 11.1 Å². The molecular formula is C25H31N7O3S. The zero-order valence-corrected chi connectivity index (χ0v) is 21.2. The molecule has 0 unspecified atom stereocenters. The summed E-state index contributed by atoms with van der Waals surface area (Å²) in [6, 6.07) is 2.75. The Morgan fingerprint density at radius 2 is 1.94 bits per heavy atom. The predicted octanol–water partition coefficient (Wildman–Crippen LogP) is 3.94. The average Bonchev–Trinajstić information content (AvgIpc) is 3.52. The van der Waals surface area contributed by atoms with E-state index in [1.165, 1.54) is 24.2 Å². The molecule has 1 atom stereocenters. The normalized spacial score (nSPS) is 21.9. The number of ether oxygens (including phenoxy) is 3. The van der Waals surface area contributed by atoms with Gasteiger partial charge in [-0.15, -0.1) is 0 Å². The van der Waals surface area contributed by atoms with Gasteiger partial charge in [-0.1, -0.05) is 11.3 Å². The van der Waals surface area contributed by atoms with Crippen molar-refractivity contribution >= 4 is 22.4 Å². The standard InChI is InChI=1S/C25H31N7O3S/c1-32-10-2-3-17(32)14-34-19-11-27-22(28-12-19)31-24-29-13-21(36-24)20-6-9-26-23(30-20)35-18-4-7-25(8-5-18)15-33-16-25/h6,9,11-13,17-18H,2-5,7-8,10,14-16H2,1H3,(H,27,28,29,31)/t17-/m0/s1. The van der Waals surface area contributed by atoms with Gasteiger partial charge < -0.3 is 24.4 Å². The van der Waals surface area contributed by atoms with E-state index in [-0.39, 0.29) is 6.10 Å². The highest BCUT2D eigenvalue weighted by molar-refractivity contribution is 7.18. The Balaban J connectivity index is 1.03. The molecule has 6 rings (SSSR count). The monoisotopic (exact) mass is 509 g/mol. The van der Waals surface area contributed by atoms with Crippen molar-refractivity contribution in [1.29, 1.82) is 0 Å². The van der Waals surface area contributed by atoms with E-state index in [0.717, 1.165) is 56.0 Å². The quantitative estimate of drug-likeness (QED) is 0.480. The second-order valence-electron chi connectivity index (χ2n) is 10.0. The van der Waals surface area contributed by atoms with Crippen molar-refractivity contribution < 1.29 is 14.2 Å². The largest absolute Gasteiger partial charge is 0.489 e. The van der Waals surface area contributed by atoms with Gasteiger partial charge in [-0.25, -0.2) is 19.9 Å². The zero-order valence-electron chi connectivity index (χ0n) is 20.4. The fourth-order valence-electron chi connectivity index (χ4n) is 5.07. The maximum absolute atomic E-state index is 6.12. The number of nitrogens with one attached hydrogen (secondary N) is 1. The van der Waals surface area contributed by atoms with Crippen molar-refractivity contribution in [2.24, 2.45) is 5.41 Å². The van der Waals surface area contributed by atoms with Crippen LogP contribution in [0.2, 0.25) is 0 Å². The van der Waals surface area contributed by atoms with E-state index in [1.54, 1.807) is 24.8 Å². The van der Waals surface area contributed by atoms with E-state index < -0.39 is 0 Å². The maximum atomic E-state index is 6.12. The van der Waals surface area contributed by atoms with E-state index in [2.05, 4.69) is 42.2 Å². The molecule has 0 amide bonds. The second-order valence-corrected chi connectivity index (χ2v) is 11.0. The number of nitrogens with zero attached hydrogens (tertiary/aromatic N) is 6. The van der Waals surface area contributed by atoms with Gasteiger partial charge in [-0.2, -0.15) is 4.98 Å². The van der Waals surface area contributed by atoms with Gasteiger partial charge in [0.2, 0.25) is 5.95 Å². The Labute approximate surface area is 214 Å². The number of rotatable bonds is 8. The van der Waals surface area contributed by atoms with Gasteiger partial charge in [0.25, 0.3) is 0 Å². The van der Waals surface area contributed by atoms with E-state index in [9.17, 15) is 0 Å². The average molecular weight is 510 g/mol. The van der Waals surface area contributed by atoms with Crippen LogP contribution >= 0.6 is 11.3 Å². The predicted molar refractivity (Wildman–Crippen MR) is 136 cm³/mol. The smallest absolute Gasteiger partial charge is 0.317 e. The summed E-state index contributed by atoms with van der Waals surface area (Å²) in [5.74, 6) is 1.14. The summed E-state index contributed by atoms with van der Waals surface area (Å²) in [5, 5.41) is 3.85. The first-order valence-corrected chi connectivity index (χ1v) is 13.4. The molecular weight excluding hydrogens is 478 g/mol. The number of hydrogen-bond donors (Lipinski definition) is 1. The van der Waals surface area contributed by atoms with Crippen LogP contribution < -0.4 is 14.8 Å². The fraction of sp³-hybridized carbons (Fsp3) is 0.560. The fourth-order valence-corrected chi connectivity index (χ4v) is 5.85. The lowest BCUT2D eigenvalue weighted by atomic mass is 9.72.